The molecular formula is C22H36NO6P. The van der Waals surface area contributed by atoms with Gasteiger partial charge in [0.25, 0.3) is 5.91 Å². The maximum Gasteiger partial charge on any atom is 0.335 e. The molecular weight excluding hydrogens is 405 g/mol. The molecule has 2 N–H and O–H groups in total. The topological polar surface area (TPSA) is 102 Å². The van der Waals surface area contributed by atoms with Gasteiger partial charge < -0.3 is 19.5 Å². The number of rotatable bonds is 16. The highest BCUT2D eigenvalue weighted by molar-refractivity contribution is 7.53. The average molecular weight is 442 g/mol. The molecule has 0 saturated carbocycles. The molecule has 0 saturated heterocycles. The number of aliphatic carboxylic acids is 1. The van der Waals surface area contributed by atoms with Crippen molar-refractivity contribution in [3.8, 4) is 0 Å². The maximum atomic E-state index is 12.6. The average Bonchev–Trinajstić information content (AvgIpc) is 2.70. The second-order valence-corrected chi connectivity index (χ2v) is 9.28. The third-order valence-corrected chi connectivity index (χ3v) is 6.75. The number of amides is 1. The van der Waals surface area contributed by atoms with E-state index >= 15 is 0 Å². The quantitative estimate of drug-likeness (QED) is 0.264. The molecule has 1 aromatic rings. The van der Waals surface area contributed by atoms with Gasteiger partial charge in [0.2, 0.25) is 0 Å². The summed E-state index contributed by atoms with van der Waals surface area (Å²) in [4.78, 5) is 23.9. The van der Waals surface area contributed by atoms with E-state index in [4.69, 9.17) is 9.05 Å². The van der Waals surface area contributed by atoms with Gasteiger partial charge >= 0.3 is 13.6 Å². The van der Waals surface area contributed by atoms with Crippen LogP contribution < -0.4 is 5.32 Å². The Balaban J connectivity index is 2.62. The smallest absolute Gasteiger partial charge is 0.335 e. The SMILES string of the molecule is CCCCCCCC[C@@H](NC(=O)c1ccc(CP(=O)(OCC)OCC)cc1)C(=O)O. The van der Waals surface area contributed by atoms with E-state index in [1.165, 1.54) is 12.8 Å². The molecule has 1 amide bonds. The van der Waals surface area contributed by atoms with Crippen molar-refractivity contribution in [1.29, 1.82) is 0 Å². The van der Waals surface area contributed by atoms with Crippen molar-refractivity contribution in [2.45, 2.75) is 77.9 Å². The van der Waals surface area contributed by atoms with Gasteiger partial charge in [-0.15, -0.1) is 0 Å². The van der Waals surface area contributed by atoms with Crippen LogP contribution in [0.1, 0.15) is 81.6 Å². The predicted octanol–water partition coefficient (Wildman–Crippen LogP) is 5.39. The van der Waals surface area contributed by atoms with Crippen LogP contribution >= 0.6 is 7.60 Å². The minimum Gasteiger partial charge on any atom is -0.480 e. The molecule has 1 rings (SSSR count). The maximum absolute atomic E-state index is 12.6. The van der Waals surface area contributed by atoms with E-state index in [0.717, 1.165) is 31.2 Å². The van der Waals surface area contributed by atoms with Gasteiger partial charge in [-0.25, -0.2) is 4.79 Å². The van der Waals surface area contributed by atoms with E-state index in [1.807, 2.05) is 0 Å². The van der Waals surface area contributed by atoms with Gasteiger partial charge in [0, 0.05) is 5.56 Å². The largest absolute Gasteiger partial charge is 0.480 e. The number of hydrogen-bond donors (Lipinski definition) is 2. The Bertz CT molecular complexity index is 681. The summed E-state index contributed by atoms with van der Waals surface area (Å²) in [5.74, 6) is -1.46. The molecule has 0 bridgehead atoms. The minimum atomic E-state index is -3.22. The van der Waals surface area contributed by atoms with Crippen LogP contribution in [0, 0.1) is 0 Å². The third-order valence-electron chi connectivity index (χ3n) is 4.69. The molecule has 8 heteroatoms. The summed E-state index contributed by atoms with van der Waals surface area (Å²) >= 11 is 0. The van der Waals surface area contributed by atoms with Crippen molar-refractivity contribution in [3.63, 3.8) is 0 Å². The molecule has 0 aliphatic heterocycles. The predicted molar refractivity (Wildman–Crippen MR) is 118 cm³/mol. The second kappa shape index (κ2) is 14.3. The standard InChI is InChI=1S/C22H36NO6P/c1-4-7-8-9-10-11-12-20(22(25)26)23-21(24)19-15-13-18(14-16-19)17-30(27,28-5-2)29-6-3/h13-16,20H,4-12,17H2,1-3H3,(H,23,24)(H,25,26)/t20-/m1/s1. The first-order valence-corrected chi connectivity index (χ1v) is 12.6. The molecule has 0 radical (unpaired) electrons. The Hall–Kier alpha value is -1.69. The summed E-state index contributed by atoms with van der Waals surface area (Å²) in [7, 11) is -3.22. The molecule has 0 fully saturated rings. The lowest BCUT2D eigenvalue weighted by molar-refractivity contribution is -0.139. The summed E-state index contributed by atoms with van der Waals surface area (Å²) in [5.41, 5.74) is 1.08. The minimum absolute atomic E-state index is 0.117. The lowest BCUT2D eigenvalue weighted by atomic mass is 10.0. The lowest BCUT2D eigenvalue weighted by Gasteiger charge is -2.17. The zero-order valence-electron chi connectivity index (χ0n) is 18.4. The fourth-order valence-corrected chi connectivity index (χ4v) is 4.84. The van der Waals surface area contributed by atoms with Crippen molar-refractivity contribution in [2.75, 3.05) is 13.2 Å². The van der Waals surface area contributed by atoms with Crippen LogP contribution in [0.25, 0.3) is 0 Å². The molecule has 0 spiro atoms. The fraction of sp³-hybridized carbons (Fsp3) is 0.636. The molecule has 0 aliphatic carbocycles. The Morgan fingerprint density at radius 2 is 1.53 bits per heavy atom. The number of carboxylic acids is 1. The van der Waals surface area contributed by atoms with Crippen molar-refractivity contribution >= 4 is 19.5 Å². The number of benzene rings is 1. The van der Waals surface area contributed by atoms with E-state index in [1.54, 1.807) is 38.1 Å². The number of carbonyl (C=O) groups excluding carboxylic acids is 1. The van der Waals surface area contributed by atoms with E-state index in [-0.39, 0.29) is 19.4 Å². The van der Waals surface area contributed by atoms with E-state index in [2.05, 4.69) is 12.2 Å². The van der Waals surface area contributed by atoms with Crippen molar-refractivity contribution in [3.05, 3.63) is 35.4 Å². The van der Waals surface area contributed by atoms with Gasteiger partial charge in [0.05, 0.1) is 19.4 Å². The van der Waals surface area contributed by atoms with Crippen LogP contribution in [0.4, 0.5) is 0 Å². The summed E-state index contributed by atoms with van der Waals surface area (Å²) in [6.07, 6.45) is 6.87. The third kappa shape index (κ3) is 9.88. The van der Waals surface area contributed by atoms with Crippen molar-refractivity contribution < 1.29 is 28.3 Å². The van der Waals surface area contributed by atoms with Gasteiger partial charge in [-0.2, -0.15) is 0 Å². The molecule has 0 heterocycles. The monoisotopic (exact) mass is 441 g/mol. The van der Waals surface area contributed by atoms with Gasteiger partial charge in [-0.1, -0.05) is 57.6 Å². The zero-order chi connectivity index (χ0) is 22.4. The van der Waals surface area contributed by atoms with Crippen LogP contribution in [0.3, 0.4) is 0 Å². The van der Waals surface area contributed by atoms with Crippen molar-refractivity contribution in [2.24, 2.45) is 0 Å². The van der Waals surface area contributed by atoms with E-state index < -0.39 is 25.5 Å². The highest BCUT2D eigenvalue weighted by Crippen LogP contribution is 2.51. The normalized spacial score (nSPS) is 12.5. The Morgan fingerprint density at radius 3 is 2.07 bits per heavy atom. The van der Waals surface area contributed by atoms with Gasteiger partial charge in [0.15, 0.2) is 0 Å². The molecule has 0 aromatic heterocycles. The van der Waals surface area contributed by atoms with Crippen LogP contribution in [0.15, 0.2) is 24.3 Å². The number of carbonyl (C=O) groups is 2. The molecule has 0 aliphatic rings. The highest BCUT2D eigenvalue weighted by Gasteiger charge is 2.24. The van der Waals surface area contributed by atoms with Crippen LogP contribution in [-0.4, -0.2) is 36.2 Å². The Kier molecular flexibility index (Phi) is 12.6. The Labute approximate surface area is 180 Å². The van der Waals surface area contributed by atoms with Gasteiger partial charge in [0.1, 0.15) is 6.04 Å². The van der Waals surface area contributed by atoms with Crippen LogP contribution in [0.2, 0.25) is 0 Å². The summed E-state index contributed by atoms with van der Waals surface area (Å²) in [6, 6.07) is 5.65. The first kappa shape index (κ1) is 26.3. The molecule has 1 atom stereocenters. The number of carboxylic acid groups (broad SMARTS) is 1. The fourth-order valence-electron chi connectivity index (χ4n) is 3.13. The first-order chi connectivity index (χ1) is 14.3. The number of unbranched alkanes of at least 4 members (excludes halogenated alkanes) is 5. The van der Waals surface area contributed by atoms with Crippen molar-refractivity contribution in [1.82, 2.24) is 5.32 Å². The molecule has 1 aromatic carbocycles. The Morgan fingerprint density at radius 1 is 0.967 bits per heavy atom. The summed E-state index contributed by atoms with van der Waals surface area (Å²) < 4.78 is 23.2. The molecule has 30 heavy (non-hydrogen) atoms. The number of nitrogens with one attached hydrogen (secondary N) is 1. The zero-order valence-corrected chi connectivity index (χ0v) is 19.3. The first-order valence-electron chi connectivity index (χ1n) is 10.9. The second-order valence-electron chi connectivity index (χ2n) is 7.22. The van der Waals surface area contributed by atoms with Gasteiger partial charge in [-0.05, 0) is 38.0 Å². The molecule has 7 nitrogen and oxygen atoms in total. The highest BCUT2D eigenvalue weighted by atomic mass is 31.2. The van der Waals surface area contributed by atoms with Crippen LogP contribution in [0.5, 0.6) is 0 Å². The summed E-state index contributed by atoms with van der Waals surface area (Å²) in [5, 5.41) is 12.0. The van der Waals surface area contributed by atoms with E-state index in [0.29, 0.717) is 12.0 Å². The van der Waals surface area contributed by atoms with Gasteiger partial charge in [-0.3, -0.25) is 9.36 Å². The van der Waals surface area contributed by atoms with Crippen LogP contribution in [-0.2, 0) is 24.6 Å². The van der Waals surface area contributed by atoms with E-state index in [9.17, 15) is 19.3 Å². The number of hydrogen-bond acceptors (Lipinski definition) is 5. The molecule has 0 unspecified atom stereocenters. The lowest BCUT2D eigenvalue weighted by Crippen LogP contribution is -2.40. The molecule has 170 valence electrons. The summed E-state index contributed by atoms with van der Waals surface area (Å²) in [6.45, 7) is 6.23.